The molecule has 0 spiro atoms. The first kappa shape index (κ1) is 15.0. The molecule has 1 N–H and O–H groups in total. The fraction of sp³-hybridized carbons (Fsp3) is 0.571. The SMILES string of the molecule is CNC(c1ccc(Br)c(Cl)c1)C(C)CC(C)C. The summed E-state index contributed by atoms with van der Waals surface area (Å²) in [5.41, 5.74) is 1.26. The van der Waals surface area contributed by atoms with Crippen LogP contribution < -0.4 is 5.32 Å². The monoisotopic (exact) mass is 317 g/mol. The van der Waals surface area contributed by atoms with Crippen LogP contribution in [-0.4, -0.2) is 7.05 Å². The van der Waals surface area contributed by atoms with E-state index in [-0.39, 0.29) is 0 Å². The number of benzene rings is 1. The zero-order valence-corrected chi connectivity index (χ0v) is 13.3. The van der Waals surface area contributed by atoms with Gasteiger partial charge >= 0.3 is 0 Å². The van der Waals surface area contributed by atoms with Crippen molar-refractivity contribution in [1.29, 1.82) is 0 Å². The Balaban J connectivity index is 2.89. The molecule has 96 valence electrons. The molecule has 0 fully saturated rings. The second kappa shape index (κ2) is 6.77. The molecule has 0 aliphatic rings. The summed E-state index contributed by atoms with van der Waals surface area (Å²) in [6.07, 6.45) is 1.21. The van der Waals surface area contributed by atoms with Crippen LogP contribution in [0.5, 0.6) is 0 Å². The standard InChI is InChI=1S/C14H21BrClN/c1-9(2)7-10(3)14(17-4)11-5-6-12(15)13(16)8-11/h5-6,8-10,14,17H,7H2,1-4H3. The lowest BCUT2D eigenvalue weighted by molar-refractivity contribution is 0.343. The predicted octanol–water partition coefficient (Wildman–Crippen LogP) is 5.05. The summed E-state index contributed by atoms with van der Waals surface area (Å²) < 4.78 is 0.953. The molecule has 0 aromatic heterocycles. The average molecular weight is 319 g/mol. The molecular formula is C14H21BrClN. The summed E-state index contributed by atoms with van der Waals surface area (Å²) in [7, 11) is 2.01. The molecule has 2 unspecified atom stereocenters. The van der Waals surface area contributed by atoms with Gasteiger partial charge in [0.1, 0.15) is 0 Å². The van der Waals surface area contributed by atoms with Gasteiger partial charge in [-0.3, -0.25) is 0 Å². The molecular weight excluding hydrogens is 298 g/mol. The lowest BCUT2D eigenvalue weighted by Gasteiger charge is -2.25. The van der Waals surface area contributed by atoms with Crippen molar-refractivity contribution in [3.8, 4) is 0 Å². The molecule has 1 rings (SSSR count). The van der Waals surface area contributed by atoms with E-state index in [1.165, 1.54) is 12.0 Å². The third-order valence-electron chi connectivity index (χ3n) is 3.03. The van der Waals surface area contributed by atoms with Gasteiger partial charge in [-0.15, -0.1) is 0 Å². The number of halogens is 2. The van der Waals surface area contributed by atoms with Crippen molar-refractivity contribution in [2.45, 2.75) is 33.2 Å². The maximum Gasteiger partial charge on any atom is 0.0551 e. The molecule has 0 radical (unpaired) electrons. The maximum atomic E-state index is 6.15. The molecule has 0 amide bonds. The Morgan fingerprint density at radius 1 is 1.29 bits per heavy atom. The minimum absolute atomic E-state index is 0.364. The second-order valence-electron chi connectivity index (χ2n) is 5.05. The zero-order chi connectivity index (χ0) is 13.0. The van der Waals surface area contributed by atoms with Gasteiger partial charge in [0.25, 0.3) is 0 Å². The predicted molar refractivity (Wildman–Crippen MR) is 79.6 cm³/mol. The Kier molecular flexibility index (Phi) is 5.98. The first-order chi connectivity index (χ1) is 7.95. The largest absolute Gasteiger partial charge is 0.313 e. The third kappa shape index (κ3) is 4.27. The third-order valence-corrected chi connectivity index (χ3v) is 4.26. The Bertz CT molecular complexity index is 365. The average Bonchev–Trinajstić information content (AvgIpc) is 2.23. The molecule has 2 atom stereocenters. The van der Waals surface area contributed by atoms with Gasteiger partial charge in [-0.2, -0.15) is 0 Å². The highest BCUT2D eigenvalue weighted by Crippen LogP contribution is 2.31. The van der Waals surface area contributed by atoms with Gasteiger partial charge in [0.2, 0.25) is 0 Å². The zero-order valence-electron chi connectivity index (χ0n) is 10.9. The van der Waals surface area contributed by atoms with Crippen molar-refractivity contribution in [2.24, 2.45) is 11.8 Å². The lowest BCUT2D eigenvalue weighted by Crippen LogP contribution is -2.24. The fourth-order valence-corrected chi connectivity index (χ4v) is 2.80. The molecule has 0 aliphatic heterocycles. The summed E-state index contributed by atoms with van der Waals surface area (Å²) in [4.78, 5) is 0. The van der Waals surface area contributed by atoms with E-state index in [4.69, 9.17) is 11.6 Å². The van der Waals surface area contributed by atoms with Crippen molar-refractivity contribution < 1.29 is 0 Å². The molecule has 17 heavy (non-hydrogen) atoms. The highest BCUT2D eigenvalue weighted by Gasteiger charge is 2.19. The summed E-state index contributed by atoms with van der Waals surface area (Å²) >= 11 is 9.58. The van der Waals surface area contributed by atoms with Crippen LogP contribution in [0.3, 0.4) is 0 Å². The first-order valence-electron chi connectivity index (χ1n) is 6.08. The number of hydrogen-bond donors (Lipinski definition) is 1. The van der Waals surface area contributed by atoms with E-state index in [1.54, 1.807) is 0 Å². The molecule has 0 saturated carbocycles. The van der Waals surface area contributed by atoms with Crippen LogP contribution in [0.1, 0.15) is 38.8 Å². The number of nitrogens with one attached hydrogen (secondary N) is 1. The first-order valence-corrected chi connectivity index (χ1v) is 7.25. The van der Waals surface area contributed by atoms with Crippen LogP contribution in [0.25, 0.3) is 0 Å². The Morgan fingerprint density at radius 3 is 2.41 bits per heavy atom. The lowest BCUT2D eigenvalue weighted by atomic mass is 9.88. The van der Waals surface area contributed by atoms with E-state index in [2.05, 4.69) is 48.1 Å². The van der Waals surface area contributed by atoms with Crippen LogP contribution in [0, 0.1) is 11.8 Å². The molecule has 0 aliphatic carbocycles. The molecule has 1 aromatic rings. The van der Waals surface area contributed by atoms with Gasteiger partial charge in [-0.1, -0.05) is 38.4 Å². The van der Waals surface area contributed by atoms with Crippen LogP contribution >= 0.6 is 27.5 Å². The van der Waals surface area contributed by atoms with Crippen molar-refractivity contribution >= 4 is 27.5 Å². The summed E-state index contributed by atoms with van der Waals surface area (Å²) in [6, 6.07) is 6.56. The van der Waals surface area contributed by atoms with E-state index in [0.717, 1.165) is 9.50 Å². The van der Waals surface area contributed by atoms with Gasteiger partial charge in [0.05, 0.1) is 5.02 Å². The van der Waals surface area contributed by atoms with E-state index in [9.17, 15) is 0 Å². The summed E-state index contributed by atoms with van der Waals surface area (Å²) in [5, 5.41) is 4.17. The molecule has 1 nitrogen and oxygen atoms in total. The van der Waals surface area contributed by atoms with Crippen LogP contribution in [0.15, 0.2) is 22.7 Å². The van der Waals surface area contributed by atoms with Crippen LogP contribution in [0.4, 0.5) is 0 Å². The van der Waals surface area contributed by atoms with Crippen LogP contribution in [0.2, 0.25) is 5.02 Å². The molecule has 3 heteroatoms. The minimum atomic E-state index is 0.364. The minimum Gasteiger partial charge on any atom is -0.313 e. The maximum absolute atomic E-state index is 6.15. The molecule has 0 saturated heterocycles. The van der Waals surface area contributed by atoms with Gasteiger partial charge in [0, 0.05) is 10.5 Å². The fourth-order valence-electron chi connectivity index (χ4n) is 2.37. The van der Waals surface area contributed by atoms with Gasteiger partial charge in [0.15, 0.2) is 0 Å². The highest BCUT2D eigenvalue weighted by atomic mass is 79.9. The summed E-state index contributed by atoms with van der Waals surface area (Å²) in [6.45, 7) is 6.81. The van der Waals surface area contributed by atoms with E-state index in [0.29, 0.717) is 17.9 Å². The van der Waals surface area contributed by atoms with E-state index < -0.39 is 0 Å². The number of rotatable bonds is 5. The smallest absolute Gasteiger partial charge is 0.0551 e. The van der Waals surface area contributed by atoms with Crippen molar-refractivity contribution in [3.63, 3.8) is 0 Å². The quantitative estimate of drug-likeness (QED) is 0.801. The molecule has 0 heterocycles. The van der Waals surface area contributed by atoms with Gasteiger partial charge in [-0.05, 0) is 58.9 Å². The Morgan fingerprint density at radius 2 is 1.94 bits per heavy atom. The van der Waals surface area contributed by atoms with E-state index in [1.807, 2.05) is 19.2 Å². The Hall–Kier alpha value is -0.0500. The van der Waals surface area contributed by atoms with E-state index >= 15 is 0 Å². The van der Waals surface area contributed by atoms with Gasteiger partial charge < -0.3 is 5.32 Å². The molecule has 1 aromatic carbocycles. The van der Waals surface area contributed by atoms with Crippen molar-refractivity contribution in [3.05, 3.63) is 33.3 Å². The Labute approximate surface area is 118 Å². The topological polar surface area (TPSA) is 12.0 Å². The van der Waals surface area contributed by atoms with Crippen molar-refractivity contribution in [2.75, 3.05) is 7.05 Å². The van der Waals surface area contributed by atoms with Crippen molar-refractivity contribution in [1.82, 2.24) is 5.32 Å². The van der Waals surface area contributed by atoms with Gasteiger partial charge in [-0.25, -0.2) is 0 Å². The highest BCUT2D eigenvalue weighted by molar-refractivity contribution is 9.10. The second-order valence-corrected chi connectivity index (χ2v) is 6.31. The normalized spacial score (nSPS) is 15.0. The van der Waals surface area contributed by atoms with Crippen LogP contribution in [-0.2, 0) is 0 Å². The number of hydrogen-bond acceptors (Lipinski definition) is 1. The molecule has 0 bridgehead atoms. The summed E-state index contributed by atoms with van der Waals surface area (Å²) in [5.74, 6) is 1.31.